The first-order valence-corrected chi connectivity index (χ1v) is 8.89. The van der Waals surface area contributed by atoms with Crippen molar-refractivity contribution in [3.05, 3.63) is 47.1 Å². The summed E-state index contributed by atoms with van der Waals surface area (Å²) < 4.78 is 17.7. The normalized spacial score (nSPS) is 10.3. The van der Waals surface area contributed by atoms with E-state index in [1.807, 2.05) is 0 Å². The molecule has 23 heavy (non-hydrogen) atoms. The molecule has 2 aromatic rings. The summed E-state index contributed by atoms with van der Waals surface area (Å²) >= 11 is 2.76. The van der Waals surface area contributed by atoms with Crippen molar-refractivity contribution in [1.82, 2.24) is 0 Å². The zero-order valence-corrected chi connectivity index (χ0v) is 14.1. The van der Waals surface area contributed by atoms with Crippen LogP contribution in [0.4, 0.5) is 9.39 Å². The van der Waals surface area contributed by atoms with E-state index in [9.17, 15) is 14.0 Å². The molecule has 0 spiro atoms. The molecular formula is C16H16FNO3S2. The van der Waals surface area contributed by atoms with Crippen molar-refractivity contribution in [2.45, 2.75) is 18.2 Å². The number of thiophene rings is 1. The van der Waals surface area contributed by atoms with Gasteiger partial charge in [0.15, 0.2) is 0 Å². The maximum Gasteiger partial charge on any atom is 0.341 e. The Hall–Kier alpha value is -1.86. The van der Waals surface area contributed by atoms with Crippen LogP contribution in [0.2, 0.25) is 0 Å². The highest BCUT2D eigenvalue weighted by Gasteiger charge is 2.15. The number of carbonyl (C=O) groups is 2. The highest BCUT2D eigenvalue weighted by atomic mass is 32.2. The number of hydrogen-bond acceptors (Lipinski definition) is 5. The predicted molar refractivity (Wildman–Crippen MR) is 90.6 cm³/mol. The summed E-state index contributed by atoms with van der Waals surface area (Å²) in [4.78, 5) is 24.6. The number of benzene rings is 1. The Kier molecular flexibility index (Phi) is 6.61. The maximum absolute atomic E-state index is 12.8. The quantitative estimate of drug-likeness (QED) is 0.599. The third-order valence-corrected chi connectivity index (χ3v) is 4.67. The first-order chi connectivity index (χ1) is 11.1. The molecule has 0 fully saturated rings. The second kappa shape index (κ2) is 8.69. The Bertz CT molecular complexity index is 670. The number of amides is 1. The highest BCUT2D eigenvalue weighted by molar-refractivity contribution is 7.99. The number of esters is 1. The minimum absolute atomic E-state index is 0.174. The zero-order valence-electron chi connectivity index (χ0n) is 12.5. The summed E-state index contributed by atoms with van der Waals surface area (Å²) in [6.45, 7) is 2.02. The van der Waals surface area contributed by atoms with E-state index < -0.39 is 5.97 Å². The van der Waals surface area contributed by atoms with Crippen LogP contribution < -0.4 is 5.32 Å². The summed E-state index contributed by atoms with van der Waals surface area (Å²) in [5.74, 6) is -0.328. The first-order valence-electron chi connectivity index (χ1n) is 7.03. The summed E-state index contributed by atoms with van der Waals surface area (Å²) in [5, 5.41) is 4.96. The minimum Gasteiger partial charge on any atom is -0.462 e. The van der Waals surface area contributed by atoms with E-state index in [2.05, 4.69) is 5.32 Å². The van der Waals surface area contributed by atoms with Crippen LogP contribution in [0, 0.1) is 5.82 Å². The number of thioether (sulfide) groups is 1. The molecule has 7 heteroatoms. The fraction of sp³-hybridized carbons (Fsp3) is 0.250. The molecule has 4 nitrogen and oxygen atoms in total. The lowest BCUT2D eigenvalue weighted by Crippen LogP contribution is -2.14. The lowest BCUT2D eigenvalue weighted by Gasteiger charge is -2.06. The number of hydrogen-bond donors (Lipinski definition) is 1. The zero-order chi connectivity index (χ0) is 16.7. The van der Waals surface area contributed by atoms with Crippen molar-refractivity contribution in [3.63, 3.8) is 0 Å². The van der Waals surface area contributed by atoms with Gasteiger partial charge in [0.25, 0.3) is 0 Å². The third kappa shape index (κ3) is 5.37. The van der Waals surface area contributed by atoms with E-state index in [0.29, 0.717) is 22.7 Å². The largest absolute Gasteiger partial charge is 0.462 e. The highest BCUT2D eigenvalue weighted by Crippen LogP contribution is 2.25. The van der Waals surface area contributed by atoms with Crippen LogP contribution in [0.1, 0.15) is 23.7 Å². The van der Waals surface area contributed by atoms with Gasteiger partial charge in [0.1, 0.15) is 10.8 Å². The monoisotopic (exact) mass is 353 g/mol. The molecule has 0 saturated carbocycles. The summed E-state index contributed by atoms with van der Waals surface area (Å²) in [5.41, 5.74) is 0.372. The fourth-order valence-corrected chi connectivity index (χ4v) is 3.40. The van der Waals surface area contributed by atoms with E-state index in [0.717, 1.165) is 4.90 Å². The first kappa shape index (κ1) is 17.5. The van der Waals surface area contributed by atoms with Crippen molar-refractivity contribution in [2.75, 3.05) is 17.7 Å². The Labute approximate surface area is 142 Å². The van der Waals surface area contributed by atoms with Crippen LogP contribution in [-0.2, 0) is 9.53 Å². The van der Waals surface area contributed by atoms with Crippen molar-refractivity contribution in [3.8, 4) is 0 Å². The van der Waals surface area contributed by atoms with Crippen molar-refractivity contribution in [2.24, 2.45) is 0 Å². The van der Waals surface area contributed by atoms with Gasteiger partial charge in [-0.05, 0) is 42.6 Å². The number of ether oxygens (including phenoxy) is 1. The van der Waals surface area contributed by atoms with Crippen LogP contribution in [-0.4, -0.2) is 24.2 Å². The van der Waals surface area contributed by atoms with Crippen molar-refractivity contribution < 1.29 is 18.7 Å². The number of nitrogens with one attached hydrogen (secondary N) is 1. The summed E-state index contributed by atoms with van der Waals surface area (Å²) in [6, 6.07) is 7.76. The molecule has 1 aromatic carbocycles. The van der Waals surface area contributed by atoms with E-state index in [1.54, 1.807) is 30.5 Å². The minimum atomic E-state index is -0.440. The van der Waals surface area contributed by atoms with Crippen LogP contribution in [0.25, 0.3) is 0 Å². The number of anilines is 1. The lowest BCUT2D eigenvalue weighted by molar-refractivity contribution is -0.115. The molecular weight excluding hydrogens is 337 g/mol. The van der Waals surface area contributed by atoms with Crippen LogP contribution >= 0.6 is 23.1 Å². The van der Waals surface area contributed by atoms with Gasteiger partial charge in [-0.15, -0.1) is 23.1 Å². The molecule has 0 radical (unpaired) electrons. The van der Waals surface area contributed by atoms with Gasteiger partial charge in [-0.2, -0.15) is 0 Å². The summed E-state index contributed by atoms with van der Waals surface area (Å²) in [7, 11) is 0. The van der Waals surface area contributed by atoms with Crippen LogP contribution in [0.15, 0.2) is 40.6 Å². The lowest BCUT2D eigenvalue weighted by atomic mass is 10.3. The SMILES string of the molecule is CCOC(=O)c1ccsc1NC(=O)CCSc1ccc(F)cc1. The van der Waals surface area contributed by atoms with Gasteiger partial charge in [0.2, 0.25) is 5.91 Å². The second-order valence-corrected chi connectivity index (χ2v) is 6.57. The molecule has 0 aliphatic rings. The van der Waals surface area contributed by atoms with E-state index >= 15 is 0 Å². The molecule has 1 amide bonds. The average molecular weight is 353 g/mol. The smallest absolute Gasteiger partial charge is 0.341 e. The fourth-order valence-electron chi connectivity index (χ4n) is 1.76. The molecule has 1 N–H and O–H groups in total. The Morgan fingerprint density at radius 1 is 1.26 bits per heavy atom. The maximum atomic E-state index is 12.8. The van der Waals surface area contributed by atoms with Gasteiger partial charge in [-0.1, -0.05) is 0 Å². The van der Waals surface area contributed by atoms with Crippen molar-refractivity contribution >= 4 is 40.0 Å². The standard InChI is InChI=1S/C16H16FNO3S2/c1-2-21-16(20)13-7-9-23-15(13)18-14(19)8-10-22-12-5-3-11(17)4-6-12/h3-7,9H,2,8,10H2,1H3,(H,18,19). The number of carbonyl (C=O) groups excluding carboxylic acids is 2. The van der Waals surface area contributed by atoms with Gasteiger partial charge in [0.05, 0.1) is 12.2 Å². The molecule has 0 unspecified atom stereocenters. The van der Waals surface area contributed by atoms with Crippen LogP contribution in [0.3, 0.4) is 0 Å². The molecule has 0 bridgehead atoms. The molecule has 1 heterocycles. The van der Waals surface area contributed by atoms with Gasteiger partial charge in [-0.25, -0.2) is 9.18 Å². The summed E-state index contributed by atoms with van der Waals surface area (Å²) in [6.07, 6.45) is 0.294. The molecule has 0 atom stereocenters. The molecule has 1 aromatic heterocycles. The topological polar surface area (TPSA) is 55.4 Å². The Morgan fingerprint density at radius 2 is 2.00 bits per heavy atom. The predicted octanol–water partition coefficient (Wildman–Crippen LogP) is 4.18. The molecule has 0 aliphatic heterocycles. The third-order valence-electron chi connectivity index (χ3n) is 2.83. The van der Waals surface area contributed by atoms with E-state index in [-0.39, 0.29) is 18.3 Å². The van der Waals surface area contributed by atoms with Crippen molar-refractivity contribution in [1.29, 1.82) is 0 Å². The van der Waals surface area contributed by atoms with E-state index in [1.165, 1.54) is 35.2 Å². The Balaban J connectivity index is 1.82. The number of rotatable bonds is 7. The van der Waals surface area contributed by atoms with Crippen LogP contribution in [0.5, 0.6) is 0 Å². The molecule has 0 saturated heterocycles. The van der Waals surface area contributed by atoms with Gasteiger partial charge < -0.3 is 10.1 Å². The molecule has 0 aliphatic carbocycles. The average Bonchev–Trinajstić information content (AvgIpc) is 2.97. The van der Waals surface area contributed by atoms with Gasteiger partial charge >= 0.3 is 5.97 Å². The van der Waals surface area contributed by atoms with Gasteiger partial charge in [0, 0.05) is 17.1 Å². The second-order valence-electron chi connectivity index (χ2n) is 4.48. The van der Waals surface area contributed by atoms with Gasteiger partial charge in [-0.3, -0.25) is 4.79 Å². The number of halogens is 1. The molecule has 122 valence electrons. The molecule has 2 rings (SSSR count). The van der Waals surface area contributed by atoms with E-state index in [4.69, 9.17) is 4.74 Å². The Morgan fingerprint density at radius 3 is 2.70 bits per heavy atom.